The molecule has 1 aliphatic rings. The molecule has 0 aliphatic carbocycles. The molecule has 120 valence electrons. The summed E-state index contributed by atoms with van der Waals surface area (Å²) in [5.74, 6) is 0.886. The van der Waals surface area contributed by atoms with Gasteiger partial charge in [0.2, 0.25) is 0 Å². The number of hydrogen-bond donors (Lipinski definition) is 1. The van der Waals surface area contributed by atoms with Crippen LogP contribution in [0.4, 0.5) is 0 Å². The van der Waals surface area contributed by atoms with Crippen molar-refractivity contribution in [2.45, 2.75) is 6.92 Å². The Bertz CT molecular complexity index is 896. The molecule has 23 heavy (non-hydrogen) atoms. The molecular weight excluding hydrogens is 318 g/mol. The summed E-state index contributed by atoms with van der Waals surface area (Å²) < 4.78 is 16.8. The first-order chi connectivity index (χ1) is 11.2. The molecule has 0 fully saturated rings. The van der Waals surface area contributed by atoms with Gasteiger partial charge in [-0.25, -0.2) is 4.79 Å². The zero-order valence-corrected chi connectivity index (χ0v) is 13.3. The maximum Gasteiger partial charge on any atom is 0.333 e. The fraction of sp³-hybridized carbons (Fsp3) is 0.250. The molecule has 0 unspecified atom stereocenters. The van der Waals surface area contributed by atoms with E-state index in [9.17, 15) is 9.59 Å². The Kier molecular flexibility index (Phi) is 4.47. The van der Waals surface area contributed by atoms with Crippen molar-refractivity contribution in [2.24, 2.45) is 0 Å². The van der Waals surface area contributed by atoms with Crippen molar-refractivity contribution in [1.29, 1.82) is 0 Å². The lowest BCUT2D eigenvalue weighted by Crippen LogP contribution is -2.20. The molecular formula is C16H15NO5S. The minimum absolute atomic E-state index is 0.250. The van der Waals surface area contributed by atoms with E-state index in [0.29, 0.717) is 40.5 Å². The maximum atomic E-state index is 12.0. The van der Waals surface area contributed by atoms with Crippen LogP contribution >= 0.6 is 11.3 Å². The van der Waals surface area contributed by atoms with Gasteiger partial charge >= 0.3 is 5.97 Å². The number of hydrogen-bond acceptors (Lipinski definition) is 6. The van der Waals surface area contributed by atoms with Gasteiger partial charge in [0, 0.05) is 0 Å². The summed E-state index contributed by atoms with van der Waals surface area (Å²) in [4.78, 5) is 26.0. The molecule has 6 nitrogen and oxygen atoms in total. The van der Waals surface area contributed by atoms with E-state index < -0.39 is 5.97 Å². The van der Waals surface area contributed by atoms with Gasteiger partial charge in [-0.1, -0.05) is 6.07 Å². The second-order valence-electron chi connectivity index (χ2n) is 4.73. The first-order valence-corrected chi connectivity index (χ1v) is 7.96. The van der Waals surface area contributed by atoms with Gasteiger partial charge in [-0.3, -0.25) is 4.79 Å². The van der Waals surface area contributed by atoms with Crippen molar-refractivity contribution in [1.82, 2.24) is 4.98 Å². The number of aromatic nitrogens is 1. The van der Waals surface area contributed by atoms with Crippen LogP contribution < -0.4 is 24.2 Å². The molecule has 7 heteroatoms. The number of carbonyl (C=O) groups excluding carboxylic acids is 1. The lowest BCUT2D eigenvalue weighted by atomic mass is 10.2. The summed E-state index contributed by atoms with van der Waals surface area (Å²) in [5.41, 5.74) is 0.574. The van der Waals surface area contributed by atoms with Crippen LogP contribution in [0.15, 0.2) is 23.0 Å². The number of fused-ring (bicyclic) bond motifs is 1. The summed E-state index contributed by atoms with van der Waals surface area (Å²) in [6.07, 6.45) is 3.01. The number of aromatic amines is 1. The van der Waals surface area contributed by atoms with Crippen molar-refractivity contribution in [2.75, 3.05) is 19.8 Å². The molecule has 3 rings (SSSR count). The molecule has 0 bridgehead atoms. The monoisotopic (exact) mass is 333 g/mol. The van der Waals surface area contributed by atoms with Gasteiger partial charge in [-0.05, 0) is 30.7 Å². The van der Waals surface area contributed by atoms with E-state index in [-0.39, 0.29) is 5.56 Å². The van der Waals surface area contributed by atoms with Crippen LogP contribution in [0.25, 0.3) is 12.2 Å². The van der Waals surface area contributed by atoms with Gasteiger partial charge in [0.15, 0.2) is 11.5 Å². The lowest BCUT2D eigenvalue weighted by molar-refractivity contribution is -0.135. The van der Waals surface area contributed by atoms with Crippen LogP contribution in [-0.4, -0.2) is 30.8 Å². The Balaban J connectivity index is 1.95. The van der Waals surface area contributed by atoms with Crippen molar-refractivity contribution in [3.8, 4) is 11.5 Å². The van der Waals surface area contributed by atoms with Gasteiger partial charge in [0.1, 0.15) is 17.9 Å². The van der Waals surface area contributed by atoms with Gasteiger partial charge in [0.25, 0.3) is 5.56 Å². The minimum Gasteiger partial charge on any atom is -0.486 e. The molecule has 0 atom stereocenters. The number of nitrogens with one attached hydrogen (secondary N) is 1. The highest BCUT2D eigenvalue weighted by Crippen LogP contribution is 2.30. The molecule has 0 saturated carbocycles. The average Bonchev–Trinajstić information content (AvgIpc) is 2.87. The number of carbonyl (C=O) groups is 1. The molecule has 1 N–H and O–H groups in total. The average molecular weight is 333 g/mol. The fourth-order valence-corrected chi connectivity index (χ4v) is 2.99. The number of benzene rings is 1. The van der Waals surface area contributed by atoms with Gasteiger partial charge in [-0.2, -0.15) is 0 Å². The topological polar surface area (TPSA) is 77.6 Å². The zero-order valence-electron chi connectivity index (χ0n) is 12.5. The number of esters is 1. The highest BCUT2D eigenvalue weighted by molar-refractivity contribution is 7.07. The van der Waals surface area contributed by atoms with Crippen molar-refractivity contribution in [3.05, 3.63) is 43.3 Å². The molecule has 1 aliphatic heterocycles. The van der Waals surface area contributed by atoms with Crippen LogP contribution in [0.2, 0.25) is 0 Å². The highest BCUT2D eigenvalue weighted by atomic mass is 32.1. The molecule has 0 amide bonds. The summed E-state index contributed by atoms with van der Waals surface area (Å²) in [6.45, 7) is 3.06. The van der Waals surface area contributed by atoms with E-state index in [0.717, 1.165) is 5.56 Å². The van der Waals surface area contributed by atoms with Gasteiger partial charge in [0.05, 0.1) is 17.2 Å². The predicted octanol–water partition coefficient (Wildman–Crippen LogP) is 0.380. The molecule has 2 aromatic rings. The second-order valence-corrected chi connectivity index (χ2v) is 5.81. The first-order valence-electron chi connectivity index (χ1n) is 7.14. The number of ether oxygens (including phenoxy) is 3. The maximum absolute atomic E-state index is 12.0. The Morgan fingerprint density at radius 1 is 1.35 bits per heavy atom. The molecule has 0 spiro atoms. The normalized spacial score (nSPS) is 14.8. The van der Waals surface area contributed by atoms with Crippen LogP contribution in [0.1, 0.15) is 12.5 Å². The van der Waals surface area contributed by atoms with Gasteiger partial charge in [-0.15, -0.1) is 11.3 Å². The van der Waals surface area contributed by atoms with Crippen molar-refractivity contribution >= 4 is 29.5 Å². The zero-order chi connectivity index (χ0) is 16.2. The SMILES string of the molecule is CCOC(=O)/C=c1/[nH]c(=O)/c(=C/c2ccc3c(c2)OCCO3)s1. The Morgan fingerprint density at radius 2 is 2.13 bits per heavy atom. The Hall–Kier alpha value is -2.54. The third kappa shape index (κ3) is 3.62. The van der Waals surface area contributed by atoms with E-state index in [4.69, 9.17) is 14.2 Å². The molecule has 0 radical (unpaired) electrons. The van der Waals surface area contributed by atoms with E-state index in [1.807, 2.05) is 18.2 Å². The second kappa shape index (κ2) is 6.70. The Morgan fingerprint density at radius 3 is 2.91 bits per heavy atom. The van der Waals surface area contributed by atoms with Crippen LogP contribution in [-0.2, 0) is 9.53 Å². The molecule has 1 aromatic heterocycles. The summed E-state index contributed by atoms with van der Waals surface area (Å²) in [7, 11) is 0. The van der Waals surface area contributed by atoms with Crippen LogP contribution in [0.3, 0.4) is 0 Å². The minimum atomic E-state index is -0.476. The number of rotatable bonds is 3. The molecule has 0 saturated heterocycles. The lowest BCUT2D eigenvalue weighted by Gasteiger charge is -2.18. The van der Waals surface area contributed by atoms with E-state index >= 15 is 0 Å². The summed E-state index contributed by atoms with van der Waals surface area (Å²) >= 11 is 1.19. The van der Waals surface area contributed by atoms with Crippen LogP contribution in [0.5, 0.6) is 11.5 Å². The number of H-pyrrole nitrogens is 1. The fourth-order valence-electron chi connectivity index (χ4n) is 2.12. The highest BCUT2D eigenvalue weighted by Gasteiger charge is 2.11. The van der Waals surface area contributed by atoms with Crippen molar-refractivity contribution in [3.63, 3.8) is 0 Å². The molecule has 2 heterocycles. The van der Waals surface area contributed by atoms with Crippen LogP contribution in [0, 0.1) is 0 Å². The molecule has 1 aromatic carbocycles. The standard InChI is InChI=1S/C16H15NO5S/c1-2-20-15(18)9-14-17-16(19)13(23-14)8-10-3-4-11-12(7-10)22-6-5-21-11/h3-4,7-9H,2,5-6H2,1H3,(H,17,19)/b13-8-,14-9-. The first kappa shape index (κ1) is 15.4. The van der Waals surface area contributed by atoms with E-state index in [1.165, 1.54) is 17.4 Å². The van der Waals surface area contributed by atoms with E-state index in [2.05, 4.69) is 4.98 Å². The smallest absolute Gasteiger partial charge is 0.333 e. The predicted molar refractivity (Wildman–Crippen MR) is 86.3 cm³/mol. The van der Waals surface area contributed by atoms with E-state index in [1.54, 1.807) is 13.0 Å². The summed E-state index contributed by atoms with van der Waals surface area (Å²) in [5, 5.41) is 0. The number of thiazole rings is 1. The Labute approximate surface area is 135 Å². The largest absolute Gasteiger partial charge is 0.486 e. The summed E-state index contributed by atoms with van der Waals surface area (Å²) in [6, 6.07) is 5.48. The third-order valence-electron chi connectivity index (χ3n) is 3.08. The van der Waals surface area contributed by atoms with Gasteiger partial charge < -0.3 is 19.2 Å². The third-order valence-corrected chi connectivity index (χ3v) is 4.04. The van der Waals surface area contributed by atoms with Crippen molar-refractivity contribution < 1.29 is 19.0 Å². The quantitative estimate of drug-likeness (QED) is 0.822.